The minimum atomic E-state index is 0.0156. The van der Waals surface area contributed by atoms with Crippen LogP contribution in [0.15, 0.2) is 0 Å². The zero-order chi connectivity index (χ0) is 7.98. The van der Waals surface area contributed by atoms with Gasteiger partial charge in [-0.25, -0.2) is 0 Å². The molecule has 0 aliphatic carbocycles. The predicted molar refractivity (Wildman–Crippen MR) is 39.8 cm³/mol. The average Bonchev–Trinajstić information content (AvgIpc) is 1.88. The van der Waals surface area contributed by atoms with Crippen LogP contribution in [0.1, 0.15) is 0 Å². The van der Waals surface area contributed by atoms with Crippen molar-refractivity contribution in [3.63, 3.8) is 0 Å². The summed E-state index contributed by atoms with van der Waals surface area (Å²) in [4.78, 5) is 0. The fourth-order valence-electron chi connectivity index (χ4n) is 0.334. The van der Waals surface area contributed by atoms with Crippen LogP contribution >= 0.6 is 0 Å². The minimum absolute atomic E-state index is 0.0156. The molecule has 0 spiro atoms. The van der Waals surface area contributed by atoms with E-state index in [2.05, 4.69) is 16.0 Å². The van der Waals surface area contributed by atoms with Crippen molar-refractivity contribution >= 4 is 11.9 Å². The van der Waals surface area contributed by atoms with Crippen molar-refractivity contribution in [2.24, 2.45) is 5.73 Å². The summed E-state index contributed by atoms with van der Waals surface area (Å²) in [5.74, 6) is 0.0767. The van der Waals surface area contributed by atoms with Crippen LogP contribution in [0.5, 0.6) is 0 Å². The second-order valence-electron chi connectivity index (χ2n) is 1.51. The Hall–Kier alpha value is -1.30. The van der Waals surface area contributed by atoms with Gasteiger partial charge in [0.15, 0.2) is 11.9 Å². The third-order valence-corrected chi connectivity index (χ3v) is 0.779. The molecule has 0 rings (SSSR count). The van der Waals surface area contributed by atoms with Gasteiger partial charge in [0.1, 0.15) is 0 Å². The SMILES string of the molecule is CNC(=N)NC(=N)NCN. The molecule has 0 atom stereocenters. The second kappa shape index (κ2) is 4.57. The number of guanidine groups is 2. The molecule has 0 radical (unpaired) electrons. The van der Waals surface area contributed by atoms with Gasteiger partial charge in [-0.3, -0.25) is 16.1 Å². The summed E-state index contributed by atoms with van der Waals surface area (Å²) >= 11 is 0. The fourth-order valence-corrected chi connectivity index (χ4v) is 0.334. The molecule has 0 amide bonds. The molecule has 0 heterocycles. The van der Waals surface area contributed by atoms with Crippen LogP contribution < -0.4 is 21.7 Å². The molecule has 0 aliphatic rings. The lowest BCUT2D eigenvalue weighted by Crippen LogP contribution is -2.46. The van der Waals surface area contributed by atoms with E-state index >= 15 is 0 Å². The standard InChI is InChI=1S/C4H12N6/c1-8-3(6)10-4(7)9-2-5/h2,5H2,1H3,(H5,6,7,8,9,10). The van der Waals surface area contributed by atoms with E-state index in [9.17, 15) is 0 Å². The van der Waals surface area contributed by atoms with Crippen molar-refractivity contribution in [2.75, 3.05) is 13.7 Å². The predicted octanol–water partition coefficient (Wildman–Crippen LogP) is -1.83. The summed E-state index contributed by atoms with van der Waals surface area (Å²) in [6, 6.07) is 0. The van der Waals surface area contributed by atoms with Crippen molar-refractivity contribution in [1.29, 1.82) is 10.8 Å². The van der Waals surface area contributed by atoms with Gasteiger partial charge in [0.25, 0.3) is 0 Å². The summed E-state index contributed by atoms with van der Waals surface area (Å²) < 4.78 is 0. The van der Waals surface area contributed by atoms with E-state index in [-0.39, 0.29) is 18.6 Å². The molecule has 0 aromatic rings. The third-order valence-electron chi connectivity index (χ3n) is 0.779. The maximum Gasteiger partial charge on any atom is 0.196 e. The summed E-state index contributed by atoms with van der Waals surface area (Å²) in [7, 11) is 1.59. The maximum atomic E-state index is 7.04. The highest BCUT2D eigenvalue weighted by atomic mass is 15.2. The number of hydrogen-bond acceptors (Lipinski definition) is 3. The van der Waals surface area contributed by atoms with Crippen LogP contribution in [0.25, 0.3) is 0 Å². The van der Waals surface area contributed by atoms with E-state index < -0.39 is 0 Å². The Balaban J connectivity index is 3.47. The van der Waals surface area contributed by atoms with Gasteiger partial charge in [0.2, 0.25) is 0 Å². The number of rotatable bonds is 1. The van der Waals surface area contributed by atoms with Crippen LogP contribution in [-0.4, -0.2) is 25.6 Å². The molecule has 6 nitrogen and oxygen atoms in total. The zero-order valence-corrected chi connectivity index (χ0v) is 5.78. The van der Waals surface area contributed by atoms with Crippen molar-refractivity contribution in [3.05, 3.63) is 0 Å². The average molecular weight is 144 g/mol. The quantitative estimate of drug-likeness (QED) is 0.148. The summed E-state index contributed by atoms with van der Waals surface area (Å²) in [6.45, 7) is 0.183. The molecular formula is C4H12N6. The molecule has 0 fully saturated rings. The summed E-state index contributed by atoms with van der Waals surface area (Å²) in [6.07, 6.45) is 0. The van der Waals surface area contributed by atoms with E-state index in [1.165, 1.54) is 0 Å². The highest BCUT2D eigenvalue weighted by Crippen LogP contribution is 1.57. The molecular weight excluding hydrogens is 132 g/mol. The van der Waals surface area contributed by atoms with Gasteiger partial charge in [-0.05, 0) is 0 Å². The molecule has 0 saturated heterocycles. The monoisotopic (exact) mass is 144 g/mol. The van der Waals surface area contributed by atoms with Crippen molar-refractivity contribution < 1.29 is 0 Å². The van der Waals surface area contributed by atoms with Gasteiger partial charge in [0.05, 0.1) is 6.67 Å². The Bertz CT molecular complexity index is 130. The molecule has 0 unspecified atom stereocenters. The van der Waals surface area contributed by atoms with E-state index in [1.807, 2.05) is 0 Å². The van der Waals surface area contributed by atoms with Crippen LogP contribution in [-0.2, 0) is 0 Å². The Labute approximate surface area is 59.2 Å². The van der Waals surface area contributed by atoms with Crippen molar-refractivity contribution in [2.45, 2.75) is 0 Å². The van der Waals surface area contributed by atoms with Gasteiger partial charge >= 0.3 is 0 Å². The Morgan fingerprint density at radius 3 is 2.40 bits per heavy atom. The lowest BCUT2D eigenvalue weighted by Gasteiger charge is -2.07. The lowest BCUT2D eigenvalue weighted by molar-refractivity contribution is 0.882. The highest BCUT2D eigenvalue weighted by molar-refractivity contribution is 5.95. The van der Waals surface area contributed by atoms with Gasteiger partial charge in [-0.15, -0.1) is 0 Å². The van der Waals surface area contributed by atoms with Crippen LogP contribution in [0.3, 0.4) is 0 Å². The number of hydrogen-bond donors (Lipinski definition) is 6. The number of nitrogens with one attached hydrogen (secondary N) is 5. The molecule has 0 saturated carbocycles. The first-order valence-electron chi connectivity index (χ1n) is 2.76. The molecule has 10 heavy (non-hydrogen) atoms. The first-order valence-corrected chi connectivity index (χ1v) is 2.76. The Kier molecular flexibility index (Phi) is 3.97. The van der Waals surface area contributed by atoms with Gasteiger partial charge < -0.3 is 16.4 Å². The Morgan fingerprint density at radius 2 is 2.00 bits per heavy atom. The smallest absolute Gasteiger partial charge is 0.196 e. The highest BCUT2D eigenvalue weighted by Gasteiger charge is 1.93. The number of nitrogens with two attached hydrogens (primary N) is 1. The fraction of sp³-hybridized carbons (Fsp3) is 0.500. The molecule has 0 aromatic carbocycles. The largest absolute Gasteiger partial charge is 0.359 e. The Morgan fingerprint density at radius 1 is 1.40 bits per heavy atom. The molecule has 7 N–H and O–H groups in total. The van der Waals surface area contributed by atoms with E-state index in [0.717, 1.165) is 0 Å². The molecule has 6 heteroatoms. The minimum Gasteiger partial charge on any atom is -0.359 e. The molecule has 58 valence electrons. The van der Waals surface area contributed by atoms with Crippen LogP contribution in [0.2, 0.25) is 0 Å². The maximum absolute atomic E-state index is 7.04. The lowest BCUT2D eigenvalue weighted by atomic mass is 10.8. The van der Waals surface area contributed by atoms with Gasteiger partial charge in [-0.2, -0.15) is 0 Å². The first kappa shape index (κ1) is 8.70. The van der Waals surface area contributed by atoms with Gasteiger partial charge in [-0.1, -0.05) is 0 Å². The van der Waals surface area contributed by atoms with Crippen LogP contribution in [0.4, 0.5) is 0 Å². The second-order valence-corrected chi connectivity index (χ2v) is 1.51. The normalized spacial score (nSPS) is 8.20. The van der Waals surface area contributed by atoms with Gasteiger partial charge in [0, 0.05) is 7.05 Å². The molecule has 0 bridgehead atoms. The third kappa shape index (κ3) is 3.67. The topological polar surface area (TPSA) is 110 Å². The van der Waals surface area contributed by atoms with E-state index in [4.69, 9.17) is 16.6 Å². The summed E-state index contributed by atoms with van der Waals surface area (Å²) in [5, 5.41) is 21.4. The van der Waals surface area contributed by atoms with E-state index in [1.54, 1.807) is 7.05 Å². The van der Waals surface area contributed by atoms with E-state index in [0.29, 0.717) is 0 Å². The van der Waals surface area contributed by atoms with Crippen molar-refractivity contribution in [1.82, 2.24) is 16.0 Å². The first-order chi connectivity index (χ1) is 4.70. The molecule has 0 aliphatic heterocycles. The summed E-state index contributed by atoms with van der Waals surface area (Å²) in [5.41, 5.74) is 5.06. The van der Waals surface area contributed by atoms with Crippen molar-refractivity contribution in [3.8, 4) is 0 Å². The van der Waals surface area contributed by atoms with Crippen LogP contribution in [0, 0.1) is 10.8 Å². The zero-order valence-electron chi connectivity index (χ0n) is 5.78. The molecule has 0 aromatic heterocycles.